The fourth-order valence-electron chi connectivity index (χ4n) is 2.51. The summed E-state index contributed by atoms with van der Waals surface area (Å²) in [5, 5.41) is 3.30. The molecular formula is C14H30N4. The third-order valence-electron chi connectivity index (χ3n) is 3.90. The highest BCUT2D eigenvalue weighted by atomic mass is 15.3. The van der Waals surface area contributed by atoms with Crippen molar-refractivity contribution >= 4 is 5.96 Å². The largest absolute Gasteiger partial charge is 0.355 e. The van der Waals surface area contributed by atoms with E-state index in [1.165, 1.54) is 38.5 Å². The smallest absolute Gasteiger partial charge is 0.205 e. The minimum Gasteiger partial charge on any atom is -0.355 e. The molecule has 1 rings (SSSR count). The van der Waals surface area contributed by atoms with Crippen LogP contribution in [-0.2, 0) is 0 Å². The zero-order valence-corrected chi connectivity index (χ0v) is 12.0. The molecule has 0 aromatic carbocycles. The van der Waals surface area contributed by atoms with Crippen molar-refractivity contribution in [3.63, 3.8) is 0 Å². The second-order valence-corrected chi connectivity index (χ2v) is 5.57. The SMILES string of the molecule is CCCCN=C(NN)NCCC1CCC(C)CC1. The molecule has 0 spiro atoms. The van der Waals surface area contributed by atoms with Crippen LogP contribution < -0.4 is 16.6 Å². The van der Waals surface area contributed by atoms with E-state index in [2.05, 4.69) is 29.6 Å². The van der Waals surface area contributed by atoms with E-state index in [0.29, 0.717) is 0 Å². The van der Waals surface area contributed by atoms with E-state index in [1.807, 2.05) is 0 Å². The molecule has 4 heteroatoms. The number of hydrazine groups is 1. The Labute approximate surface area is 112 Å². The van der Waals surface area contributed by atoms with Gasteiger partial charge in [0, 0.05) is 13.1 Å². The number of rotatable bonds is 6. The summed E-state index contributed by atoms with van der Waals surface area (Å²) in [5.74, 6) is 8.02. The molecule has 0 aromatic heterocycles. The van der Waals surface area contributed by atoms with Gasteiger partial charge >= 0.3 is 0 Å². The average Bonchev–Trinajstić information content (AvgIpc) is 2.39. The van der Waals surface area contributed by atoms with Crippen LogP contribution in [-0.4, -0.2) is 19.0 Å². The van der Waals surface area contributed by atoms with Crippen LogP contribution in [0.2, 0.25) is 0 Å². The van der Waals surface area contributed by atoms with E-state index < -0.39 is 0 Å². The Balaban J connectivity index is 2.13. The molecule has 0 aliphatic heterocycles. The summed E-state index contributed by atoms with van der Waals surface area (Å²) < 4.78 is 0. The monoisotopic (exact) mass is 254 g/mol. The summed E-state index contributed by atoms with van der Waals surface area (Å²) in [4.78, 5) is 4.40. The van der Waals surface area contributed by atoms with Crippen molar-refractivity contribution in [2.45, 2.75) is 58.8 Å². The molecule has 0 amide bonds. The first-order chi connectivity index (χ1) is 8.76. The van der Waals surface area contributed by atoms with E-state index in [1.54, 1.807) is 0 Å². The fourth-order valence-corrected chi connectivity index (χ4v) is 2.51. The number of nitrogens with zero attached hydrogens (tertiary/aromatic N) is 1. The maximum absolute atomic E-state index is 5.45. The number of nitrogens with one attached hydrogen (secondary N) is 2. The van der Waals surface area contributed by atoms with Gasteiger partial charge in [0.1, 0.15) is 0 Å². The van der Waals surface area contributed by atoms with Crippen molar-refractivity contribution in [3.05, 3.63) is 0 Å². The Hall–Kier alpha value is -0.770. The first kappa shape index (κ1) is 15.3. The van der Waals surface area contributed by atoms with Gasteiger partial charge in [-0.05, 0) is 24.7 Å². The Bertz CT molecular complexity index is 232. The van der Waals surface area contributed by atoms with Crippen molar-refractivity contribution in [3.8, 4) is 0 Å². The first-order valence-electron chi connectivity index (χ1n) is 7.51. The van der Waals surface area contributed by atoms with Gasteiger partial charge in [0.25, 0.3) is 0 Å². The zero-order chi connectivity index (χ0) is 13.2. The van der Waals surface area contributed by atoms with Crippen LogP contribution >= 0.6 is 0 Å². The summed E-state index contributed by atoms with van der Waals surface area (Å²) in [6.07, 6.45) is 9.10. The molecule has 18 heavy (non-hydrogen) atoms. The standard InChI is InChI=1S/C14H30N4/c1-3-4-10-16-14(18-15)17-11-9-13-7-5-12(2)6-8-13/h12-13H,3-11,15H2,1-2H3,(H2,16,17,18). The van der Waals surface area contributed by atoms with E-state index in [4.69, 9.17) is 5.84 Å². The molecule has 4 N–H and O–H groups in total. The van der Waals surface area contributed by atoms with Crippen molar-refractivity contribution < 1.29 is 0 Å². The van der Waals surface area contributed by atoms with Gasteiger partial charge in [-0.1, -0.05) is 46.0 Å². The van der Waals surface area contributed by atoms with Crippen molar-refractivity contribution in [2.75, 3.05) is 13.1 Å². The molecule has 1 aliphatic rings. The van der Waals surface area contributed by atoms with Crippen LogP contribution in [0.5, 0.6) is 0 Å². The van der Waals surface area contributed by atoms with Gasteiger partial charge in [-0.2, -0.15) is 0 Å². The van der Waals surface area contributed by atoms with Gasteiger partial charge in [-0.15, -0.1) is 0 Å². The minimum absolute atomic E-state index is 0.743. The molecule has 0 radical (unpaired) electrons. The van der Waals surface area contributed by atoms with Crippen molar-refractivity contribution in [1.29, 1.82) is 0 Å². The van der Waals surface area contributed by atoms with E-state index in [9.17, 15) is 0 Å². The predicted octanol–water partition coefficient (Wildman–Crippen LogP) is 2.41. The van der Waals surface area contributed by atoms with Gasteiger partial charge in [-0.25, -0.2) is 5.84 Å². The molecule has 0 bridgehead atoms. The fraction of sp³-hybridized carbons (Fsp3) is 0.929. The van der Waals surface area contributed by atoms with Crippen LogP contribution in [0, 0.1) is 11.8 Å². The summed E-state index contributed by atoms with van der Waals surface area (Å²) in [5.41, 5.74) is 2.64. The predicted molar refractivity (Wildman–Crippen MR) is 78.3 cm³/mol. The second-order valence-electron chi connectivity index (χ2n) is 5.57. The van der Waals surface area contributed by atoms with Gasteiger partial charge in [-0.3, -0.25) is 10.4 Å². The minimum atomic E-state index is 0.743. The molecule has 1 saturated carbocycles. The normalized spacial score (nSPS) is 24.9. The van der Waals surface area contributed by atoms with Crippen LogP contribution in [0.25, 0.3) is 0 Å². The van der Waals surface area contributed by atoms with E-state index >= 15 is 0 Å². The maximum Gasteiger partial charge on any atom is 0.205 e. The number of unbranched alkanes of at least 4 members (excludes halogenated alkanes) is 1. The van der Waals surface area contributed by atoms with Crippen molar-refractivity contribution in [1.82, 2.24) is 10.7 Å². The van der Waals surface area contributed by atoms with Gasteiger partial charge in [0.15, 0.2) is 0 Å². The lowest BCUT2D eigenvalue weighted by Gasteiger charge is -2.26. The van der Waals surface area contributed by atoms with Crippen LogP contribution in [0.1, 0.15) is 58.8 Å². The lowest BCUT2D eigenvalue weighted by Crippen LogP contribution is -2.42. The average molecular weight is 254 g/mol. The highest BCUT2D eigenvalue weighted by Crippen LogP contribution is 2.29. The molecule has 106 valence electrons. The summed E-state index contributed by atoms with van der Waals surface area (Å²) in [7, 11) is 0. The Kier molecular flexibility index (Phi) is 7.81. The number of aliphatic imine (C=N–C) groups is 1. The van der Waals surface area contributed by atoms with Crippen LogP contribution in [0.3, 0.4) is 0 Å². The summed E-state index contributed by atoms with van der Waals surface area (Å²) in [6, 6.07) is 0. The molecule has 0 atom stereocenters. The number of guanidine groups is 1. The van der Waals surface area contributed by atoms with Gasteiger partial charge in [0.2, 0.25) is 5.96 Å². The molecule has 4 nitrogen and oxygen atoms in total. The lowest BCUT2D eigenvalue weighted by molar-refractivity contribution is 0.278. The summed E-state index contributed by atoms with van der Waals surface area (Å²) >= 11 is 0. The third-order valence-corrected chi connectivity index (χ3v) is 3.90. The number of nitrogens with two attached hydrogens (primary N) is 1. The van der Waals surface area contributed by atoms with Crippen LogP contribution in [0.15, 0.2) is 4.99 Å². The van der Waals surface area contributed by atoms with Crippen molar-refractivity contribution in [2.24, 2.45) is 22.7 Å². The number of hydrogen-bond acceptors (Lipinski definition) is 2. The van der Waals surface area contributed by atoms with Crippen LogP contribution in [0.4, 0.5) is 0 Å². The van der Waals surface area contributed by atoms with E-state index in [0.717, 1.165) is 37.3 Å². The Morgan fingerprint density at radius 2 is 2.00 bits per heavy atom. The first-order valence-corrected chi connectivity index (χ1v) is 7.51. The highest BCUT2D eigenvalue weighted by Gasteiger charge is 2.17. The molecule has 0 unspecified atom stereocenters. The highest BCUT2D eigenvalue weighted by molar-refractivity contribution is 5.79. The Morgan fingerprint density at radius 3 is 2.61 bits per heavy atom. The molecule has 0 saturated heterocycles. The molecule has 1 aliphatic carbocycles. The number of hydrogen-bond donors (Lipinski definition) is 3. The van der Waals surface area contributed by atoms with E-state index in [-0.39, 0.29) is 0 Å². The quantitative estimate of drug-likeness (QED) is 0.224. The lowest BCUT2D eigenvalue weighted by atomic mass is 9.81. The second kappa shape index (κ2) is 9.20. The topological polar surface area (TPSA) is 62.4 Å². The maximum atomic E-state index is 5.45. The third kappa shape index (κ3) is 6.24. The molecular weight excluding hydrogens is 224 g/mol. The zero-order valence-electron chi connectivity index (χ0n) is 12.0. The molecule has 0 aromatic rings. The summed E-state index contributed by atoms with van der Waals surface area (Å²) in [6.45, 7) is 6.37. The Morgan fingerprint density at radius 1 is 1.28 bits per heavy atom. The molecule has 1 fully saturated rings. The van der Waals surface area contributed by atoms with Gasteiger partial charge < -0.3 is 5.32 Å². The van der Waals surface area contributed by atoms with Gasteiger partial charge in [0.05, 0.1) is 0 Å². The molecule has 0 heterocycles.